The molecule has 3 N–H and O–H groups in total. The van der Waals surface area contributed by atoms with Crippen LogP contribution >= 0.6 is 0 Å². The van der Waals surface area contributed by atoms with Gasteiger partial charge in [0.2, 0.25) is 0 Å². The Labute approximate surface area is 253 Å². The summed E-state index contributed by atoms with van der Waals surface area (Å²) in [5.41, 5.74) is 5.41. The Balaban J connectivity index is 1.51. The van der Waals surface area contributed by atoms with Crippen LogP contribution in [0.5, 0.6) is 11.5 Å². The van der Waals surface area contributed by atoms with E-state index >= 15 is 0 Å². The van der Waals surface area contributed by atoms with E-state index in [0.717, 1.165) is 49.2 Å². The minimum atomic E-state index is -0.358. The number of nitrogens with one attached hydrogen (secondary N) is 1. The van der Waals surface area contributed by atoms with Crippen LogP contribution < -0.4 is 5.32 Å². The molecule has 0 atom stereocenters. The molecule has 1 saturated heterocycles. The summed E-state index contributed by atoms with van der Waals surface area (Å²) in [7, 11) is 4.30. The van der Waals surface area contributed by atoms with E-state index in [-0.39, 0.29) is 28.9 Å². The second-order valence-electron chi connectivity index (χ2n) is 11.9. The predicted octanol–water partition coefficient (Wildman–Crippen LogP) is 6.49. The summed E-state index contributed by atoms with van der Waals surface area (Å²) in [4.78, 5) is 17.9. The van der Waals surface area contributed by atoms with Crippen LogP contribution in [-0.4, -0.2) is 70.8 Å². The summed E-state index contributed by atoms with van der Waals surface area (Å²) in [5, 5.41) is 28.8. The van der Waals surface area contributed by atoms with Gasteiger partial charge in [0.1, 0.15) is 11.5 Å². The fourth-order valence-electron chi connectivity index (χ4n) is 5.83. The number of nitrogens with zero attached hydrogens (tertiary/aromatic N) is 3. The molecule has 226 valence electrons. The molecule has 5 rings (SSSR count). The maximum Gasteiger partial charge on any atom is 0.274 e. The summed E-state index contributed by atoms with van der Waals surface area (Å²) in [6, 6.07) is 19.7. The van der Waals surface area contributed by atoms with E-state index in [1.54, 1.807) is 6.07 Å². The molecule has 0 bridgehead atoms. The molecule has 0 unspecified atom stereocenters. The highest BCUT2D eigenvalue weighted by Crippen LogP contribution is 2.44. The van der Waals surface area contributed by atoms with Gasteiger partial charge in [-0.1, -0.05) is 67.5 Å². The first-order chi connectivity index (χ1) is 20.7. The first-order valence-corrected chi connectivity index (χ1v) is 15.1. The molecule has 4 aromatic rings. The normalized spacial score (nSPS) is 14.5. The summed E-state index contributed by atoms with van der Waals surface area (Å²) >= 11 is 0. The van der Waals surface area contributed by atoms with Gasteiger partial charge < -0.3 is 25.0 Å². The highest BCUT2D eigenvalue weighted by molar-refractivity contribution is 6.03. The van der Waals surface area contributed by atoms with E-state index < -0.39 is 0 Å². The number of carbonyl (C=O) groups excluding carboxylic acids is 1. The van der Waals surface area contributed by atoms with Gasteiger partial charge in [0.15, 0.2) is 11.5 Å². The lowest BCUT2D eigenvalue weighted by atomic mass is 9.93. The molecule has 0 aliphatic carbocycles. The van der Waals surface area contributed by atoms with Gasteiger partial charge in [0, 0.05) is 30.8 Å². The Kier molecular flexibility index (Phi) is 9.18. The zero-order chi connectivity index (χ0) is 30.7. The molecule has 43 heavy (non-hydrogen) atoms. The second kappa shape index (κ2) is 13.0. The van der Waals surface area contributed by atoms with Crippen molar-refractivity contribution in [2.24, 2.45) is 0 Å². The number of benzene rings is 3. The lowest BCUT2D eigenvalue weighted by molar-refractivity contribution is 0.0947. The summed E-state index contributed by atoms with van der Waals surface area (Å²) in [5.74, 6) is -0.000900. The van der Waals surface area contributed by atoms with Crippen LogP contribution in [0, 0.1) is 0 Å². The number of amides is 1. The van der Waals surface area contributed by atoms with Gasteiger partial charge in [-0.15, -0.1) is 0 Å². The lowest BCUT2D eigenvalue weighted by Crippen LogP contribution is -2.41. The molecule has 1 aliphatic heterocycles. The van der Waals surface area contributed by atoms with Crippen molar-refractivity contribution in [1.29, 1.82) is 0 Å². The molecule has 3 aromatic carbocycles. The molecular weight excluding hydrogens is 540 g/mol. The third-order valence-corrected chi connectivity index (χ3v) is 8.40. The summed E-state index contributed by atoms with van der Waals surface area (Å²) < 4.78 is 5.79. The molecule has 1 aliphatic rings. The third kappa shape index (κ3) is 6.60. The molecule has 8 nitrogen and oxygen atoms in total. The van der Waals surface area contributed by atoms with Crippen molar-refractivity contribution in [1.82, 2.24) is 20.3 Å². The van der Waals surface area contributed by atoms with Gasteiger partial charge in [-0.25, -0.2) is 0 Å². The topological polar surface area (TPSA) is 102 Å². The number of aromatic nitrogens is 1. The van der Waals surface area contributed by atoms with Crippen molar-refractivity contribution in [2.75, 3.05) is 33.7 Å². The number of likely N-dealkylation sites (tertiary alicyclic amines) is 1. The highest BCUT2D eigenvalue weighted by atomic mass is 16.5. The number of phenolic OH excluding ortho intramolecular Hbond substituents is 2. The Hall–Kier alpha value is -4.14. The summed E-state index contributed by atoms with van der Waals surface area (Å²) in [6.45, 7) is 9.49. The Morgan fingerprint density at radius 2 is 1.70 bits per heavy atom. The lowest BCUT2D eigenvalue weighted by Gasteiger charge is -2.35. The highest BCUT2D eigenvalue weighted by Gasteiger charge is 2.27. The number of carbonyl (C=O) groups is 1. The molecule has 1 fully saturated rings. The zero-order valence-corrected chi connectivity index (χ0v) is 25.7. The quantitative estimate of drug-likeness (QED) is 0.207. The maximum absolute atomic E-state index is 13.1. The first-order valence-electron chi connectivity index (χ1n) is 15.1. The summed E-state index contributed by atoms with van der Waals surface area (Å²) in [6.07, 6.45) is 2.32. The van der Waals surface area contributed by atoms with Crippen molar-refractivity contribution in [3.63, 3.8) is 0 Å². The van der Waals surface area contributed by atoms with Crippen LogP contribution in [-0.2, 0) is 6.54 Å². The molecule has 0 spiro atoms. The fourth-order valence-corrected chi connectivity index (χ4v) is 5.83. The minimum absolute atomic E-state index is 0.0499. The number of rotatable bonds is 9. The van der Waals surface area contributed by atoms with Gasteiger partial charge in [-0.05, 0) is 81.2 Å². The van der Waals surface area contributed by atoms with Gasteiger partial charge in [0.05, 0.1) is 11.1 Å². The van der Waals surface area contributed by atoms with Crippen LogP contribution in [0.15, 0.2) is 65.2 Å². The number of phenols is 2. The maximum atomic E-state index is 13.1. The van der Waals surface area contributed by atoms with Crippen LogP contribution in [0.1, 0.15) is 61.1 Å². The van der Waals surface area contributed by atoms with Crippen LogP contribution in [0.4, 0.5) is 0 Å². The van der Waals surface area contributed by atoms with Crippen molar-refractivity contribution in [3.8, 4) is 45.1 Å². The average Bonchev–Trinajstić information content (AvgIpc) is 3.43. The van der Waals surface area contributed by atoms with E-state index in [9.17, 15) is 15.0 Å². The Bertz CT molecular complexity index is 1570. The largest absolute Gasteiger partial charge is 0.507 e. The number of hydrogen-bond donors (Lipinski definition) is 3. The predicted molar refractivity (Wildman–Crippen MR) is 170 cm³/mol. The minimum Gasteiger partial charge on any atom is -0.507 e. The SMILES string of the molecule is CCNC(=O)c1noc(-c2cc(-c3cccc(C(C)C)c3)c(O)cc2O)c1-c1ccc(CN2CCC(N(C)C)CC2)cc1. The van der Waals surface area contributed by atoms with Crippen LogP contribution in [0.2, 0.25) is 0 Å². The fraction of sp³-hybridized carbons (Fsp3) is 0.371. The molecule has 1 aromatic heterocycles. The van der Waals surface area contributed by atoms with Gasteiger partial charge in [-0.3, -0.25) is 9.69 Å². The molecule has 8 heteroatoms. The molecule has 1 amide bonds. The molecule has 0 saturated carbocycles. The standard InChI is InChI=1S/C35H42N4O4/c1-6-36-35(42)33-32(24-12-10-23(11-13-24)21-39-16-14-27(15-17-39)38(4)5)34(43-37-33)29-19-28(30(40)20-31(29)41)26-9-7-8-25(18-26)22(2)3/h7-13,18-20,22,27,40-41H,6,14-17,21H2,1-5H3,(H,36,42). The van der Waals surface area contributed by atoms with E-state index in [0.29, 0.717) is 35.2 Å². The second-order valence-corrected chi connectivity index (χ2v) is 11.9. The van der Waals surface area contributed by atoms with Gasteiger partial charge >= 0.3 is 0 Å². The van der Waals surface area contributed by atoms with E-state index in [1.165, 1.54) is 11.6 Å². The average molecular weight is 583 g/mol. The van der Waals surface area contributed by atoms with E-state index in [1.807, 2.05) is 37.3 Å². The molecule has 0 radical (unpaired) electrons. The van der Waals surface area contributed by atoms with Crippen molar-refractivity contribution < 1.29 is 19.5 Å². The third-order valence-electron chi connectivity index (χ3n) is 8.40. The Morgan fingerprint density at radius 1 is 1.00 bits per heavy atom. The van der Waals surface area contributed by atoms with E-state index in [4.69, 9.17) is 4.52 Å². The Morgan fingerprint density at radius 3 is 2.35 bits per heavy atom. The van der Waals surface area contributed by atoms with Crippen LogP contribution in [0.3, 0.4) is 0 Å². The van der Waals surface area contributed by atoms with Crippen molar-refractivity contribution >= 4 is 5.91 Å². The number of piperidine rings is 1. The zero-order valence-electron chi connectivity index (χ0n) is 25.7. The van der Waals surface area contributed by atoms with E-state index in [2.05, 4.69) is 66.4 Å². The van der Waals surface area contributed by atoms with Crippen molar-refractivity contribution in [3.05, 3.63) is 77.5 Å². The number of aromatic hydroxyl groups is 2. The van der Waals surface area contributed by atoms with Crippen molar-refractivity contribution in [2.45, 2.75) is 52.1 Å². The molecule has 2 heterocycles. The number of hydrogen-bond acceptors (Lipinski definition) is 7. The van der Waals surface area contributed by atoms with Crippen LogP contribution in [0.25, 0.3) is 33.6 Å². The van der Waals surface area contributed by atoms with Gasteiger partial charge in [-0.2, -0.15) is 0 Å². The monoisotopic (exact) mass is 582 g/mol. The smallest absolute Gasteiger partial charge is 0.274 e. The molecular formula is C35H42N4O4. The van der Waals surface area contributed by atoms with Gasteiger partial charge in [0.25, 0.3) is 5.91 Å². The first kappa shape index (κ1) is 30.3.